The summed E-state index contributed by atoms with van der Waals surface area (Å²) in [6.45, 7) is 11.6. The molecule has 1 amide bonds. The molecule has 0 aliphatic heterocycles. The van der Waals surface area contributed by atoms with Gasteiger partial charge in [-0.25, -0.2) is 4.79 Å². The van der Waals surface area contributed by atoms with Crippen LogP contribution in [0.5, 0.6) is 0 Å². The van der Waals surface area contributed by atoms with Crippen molar-refractivity contribution >= 4 is 28.2 Å². The summed E-state index contributed by atoms with van der Waals surface area (Å²) in [5, 5.41) is 3.46. The van der Waals surface area contributed by atoms with Crippen LogP contribution >= 0.6 is 11.3 Å². The Morgan fingerprint density at radius 2 is 1.84 bits per heavy atom. The molecule has 0 unspecified atom stereocenters. The quantitative estimate of drug-likeness (QED) is 0.760. The molecule has 1 heterocycles. The van der Waals surface area contributed by atoms with Crippen molar-refractivity contribution in [2.24, 2.45) is 0 Å². The monoisotopic (exact) mass is 359 g/mol. The second-order valence-electron chi connectivity index (χ2n) is 6.40. The minimum absolute atomic E-state index is 0.208. The number of rotatable bonds is 5. The third-order valence-electron chi connectivity index (χ3n) is 4.11. The van der Waals surface area contributed by atoms with Crippen molar-refractivity contribution in [1.29, 1.82) is 0 Å². The molecule has 134 valence electrons. The third-order valence-corrected chi connectivity index (χ3v) is 5.17. The Labute approximate surface area is 153 Å². The molecular weight excluding hydrogens is 334 g/mol. The van der Waals surface area contributed by atoms with Gasteiger partial charge in [-0.05, 0) is 69.9 Å². The molecule has 0 atom stereocenters. The van der Waals surface area contributed by atoms with Crippen LogP contribution in [-0.2, 0) is 11.2 Å². The summed E-state index contributed by atoms with van der Waals surface area (Å²) >= 11 is 1.42. The number of hydrogen-bond donors (Lipinski definition) is 1. The highest BCUT2D eigenvalue weighted by atomic mass is 32.1. The van der Waals surface area contributed by atoms with E-state index >= 15 is 0 Å². The zero-order chi connectivity index (χ0) is 18.7. The molecule has 1 aromatic heterocycles. The first kappa shape index (κ1) is 19.2. The Hall–Kier alpha value is -2.14. The molecule has 0 fully saturated rings. The van der Waals surface area contributed by atoms with E-state index in [0.717, 1.165) is 21.6 Å². The number of nitrogens with one attached hydrogen (secondary N) is 1. The van der Waals surface area contributed by atoms with Gasteiger partial charge in [-0.1, -0.05) is 13.0 Å². The summed E-state index contributed by atoms with van der Waals surface area (Å²) in [6.07, 6.45) is 0.505. The predicted molar refractivity (Wildman–Crippen MR) is 103 cm³/mol. The number of amides is 1. The smallest absolute Gasteiger partial charge is 0.341 e. The average Bonchev–Trinajstić information content (AvgIpc) is 2.84. The van der Waals surface area contributed by atoms with Crippen molar-refractivity contribution in [2.45, 2.75) is 54.1 Å². The first-order valence-corrected chi connectivity index (χ1v) is 9.28. The Balaban J connectivity index is 2.36. The van der Waals surface area contributed by atoms with Gasteiger partial charge in [0.25, 0.3) is 5.91 Å². The van der Waals surface area contributed by atoms with E-state index < -0.39 is 0 Å². The fraction of sp³-hybridized carbons (Fsp3) is 0.400. The number of benzene rings is 1. The second kappa shape index (κ2) is 7.83. The van der Waals surface area contributed by atoms with E-state index in [4.69, 9.17) is 4.74 Å². The van der Waals surface area contributed by atoms with Crippen LogP contribution in [0.3, 0.4) is 0 Å². The summed E-state index contributed by atoms with van der Waals surface area (Å²) in [4.78, 5) is 26.2. The van der Waals surface area contributed by atoms with Crippen LogP contribution in [0, 0.1) is 20.8 Å². The van der Waals surface area contributed by atoms with Crippen LogP contribution in [-0.4, -0.2) is 18.0 Å². The summed E-state index contributed by atoms with van der Waals surface area (Å²) in [7, 11) is 0. The van der Waals surface area contributed by atoms with E-state index in [9.17, 15) is 9.59 Å². The van der Waals surface area contributed by atoms with Crippen LogP contribution in [0.25, 0.3) is 0 Å². The van der Waals surface area contributed by atoms with Gasteiger partial charge < -0.3 is 10.1 Å². The van der Waals surface area contributed by atoms with Gasteiger partial charge in [0.2, 0.25) is 0 Å². The van der Waals surface area contributed by atoms with E-state index in [1.165, 1.54) is 11.3 Å². The Morgan fingerprint density at radius 1 is 1.16 bits per heavy atom. The van der Waals surface area contributed by atoms with Gasteiger partial charge in [0.1, 0.15) is 5.00 Å². The van der Waals surface area contributed by atoms with E-state index in [0.29, 0.717) is 22.5 Å². The lowest BCUT2D eigenvalue weighted by atomic mass is 10.1. The van der Waals surface area contributed by atoms with Crippen LogP contribution in [0.1, 0.15) is 63.1 Å². The predicted octanol–water partition coefficient (Wildman–Crippen LogP) is 5.05. The van der Waals surface area contributed by atoms with E-state index in [-0.39, 0.29) is 18.0 Å². The molecule has 1 N–H and O–H groups in total. The molecule has 0 saturated heterocycles. The van der Waals surface area contributed by atoms with Crippen molar-refractivity contribution in [2.75, 3.05) is 5.32 Å². The van der Waals surface area contributed by atoms with Gasteiger partial charge >= 0.3 is 5.97 Å². The normalized spacial score (nSPS) is 10.8. The average molecular weight is 359 g/mol. The van der Waals surface area contributed by atoms with Crippen molar-refractivity contribution in [3.05, 3.63) is 50.9 Å². The van der Waals surface area contributed by atoms with Crippen molar-refractivity contribution in [1.82, 2.24) is 0 Å². The van der Waals surface area contributed by atoms with Crippen molar-refractivity contribution in [3.8, 4) is 0 Å². The molecule has 0 spiro atoms. The standard InChI is InChI=1S/C20H25NO3S/c1-7-16-14(6)25-19(17(16)20(23)24-11(2)3)21-18(22)15-9-8-12(4)13(5)10-15/h8-11H,7H2,1-6H3,(H,21,22). The Kier molecular flexibility index (Phi) is 6.01. The molecule has 0 bridgehead atoms. The third kappa shape index (κ3) is 4.28. The topological polar surface area (TPSA) is 55.4 Å². The van der Waals surface area contributed by atoms with E-state index in [1.807, 2.05) is 53.7 Å². The molecular formula is C20H25NO3S. The van der Waals surface area contributed by atoms with Gasteiger partial charge in [-0.2, -0.15) is 0 Å². The number of carbonyl (C=O) groups is 2. The highest BCUT2D eigenvalue weighted by molar-refractivity contribution is 7.16. The molecule has 0 aliphatic rings. The summed E-state index contributed by atoms with van der Waals surface area (Å²) < 4.78 is 5.37. The SMILES string of the molecule is CCc1c(C)sc(NC(=O)c2ccc(C)c(C)c2)c1C(=O)OC(C)C. The molecule has 0 radical (unpaired) electrons. The van der Waals surface area contributed by atoms with Crippen LogP contribution in [0.15, 0.2) is 18.2 Å². The zero-order valence-electron chi connectivity index (χ0n) is 15.6. The van der Waals surface area contributed by atoms with Crippen LogP contribution in [0.2, 0.25) is 0 Å². The summed E-state index contributed by atoms with van der Waals surface area (Å²) in [6, 6.07) is 5.58. The van der Waals surface area contributed by atoms with Gasteiger partial charge in [0.15, 0.2) is 0 Å². The van der Waals surface area contributed by atoms with Gasteiger partial charge in [-0.15, -0.1) is 11.3 Å². The van der Waals surface area contributed by atoms with Crippen LogP contribution < -0.4 is 5.32 Å². The van der Waals surface area contributed by atoms with E-state index in [2.05, 4.69) is 5.32 Å². The number of esters is 1. The number of hydrogen-bond acceptors (Lipinski definition) is 4. The highest BCUT2D eigenvalue weighted by Gasteiger charge is 2.24. The number of ether oxygens (including phenoxy) is 1. The number of aryl methyl sites for hydroxylation is 3. The van der Waals surface area contributed by atoms with Crippen molar-refractivity contribution < 1.29 is 14.3 Å². The molecule has 1 aromatic carbocycles. The Bertz CT molecular complexity index is 806. The first-order chi connectivity index (χ1) is 11.7. The largest absolute Gasteiger partial charge is 0.459 e. The molecule has 2 rings (SSSR count). The number of carbonyl (C=O) groups excluding carboxylic acids is 2. The minimum Gasteiger partial charge on any atom is -0.459 e. The maximum Gasteiger partial charge on any atom is 0.341 e. The lowest BCUT2D eigenvalue weighted by Gasteiger charge is -2.11. The summed E-state index contributed by atoms with van der Waals surface area (Å²) in [5.41, 5.74) is 4.19. The molecule has 4 nitrogen and oxygen atoms in total. The molecule has 5 heteroatoms. The lowest BCUT2D eigenvalue weighted by Crippen LogP contribution is -2.17. The lowest BCUT2D eigenvalue weighted by molar-refractivity contribution is 0.0378. The van der Waals surface area contributed by atoms with Gasteiger partial charge in [0, 0.05) is 10.4 Å². The highest BCUT2D eigenvalue weighted by Crippen LogP contribution is 2.34. The number of anilines is 1. The fourth-order valence-corrected chi connectivity index (χ4v) is 3.77. The maximum atomic E-state index is 12.6. The number of thiophene rings is 1. The zero-order valence-corrected chi connectivity index (χ0v) is 16.5. The second-order valence-corrected chi connectivity index (χ2v) is 7.63. The first-order valence-electron chi connectivity index (χ1n) is 8.46. The van der Waals surface area contributed by atoms with Gasteiger partial charge in [-0.3, -0.25) is 4.79 Å². The van der Waals surface area contributed by atoms with Crippen LogP contribution in [0.4, 0.5) is 5.00 Å². The molecule has 2 aromatic rings. The van der Waals surface area contributed by atoms with E-state index in [1.54, 1.807) is 6.07 Å². The molecule has 0 aliphatic carbocycles. The van der Waals surface area contributed by atoms with Crippen molar-refractivity contribution in [3.63, 3.8) is 0 Å². The Morgan fingerprint density at radius 3 is 2.40 bits per heavy atom. The summed E-state index contributed by atoms with van der Waals surface area (Å²) in [5.74, 6) is -0.600. The molecule has 25 heavy (non-hydrogen) atoms. The fourth-order valence-electron chi connectivity index (χ4n) is 2.64. The van der Waals surface area contributed by atoms with Gasteiger partial charge in [0.05, 0.1) is 11.7 Å². The minimum atomic E-state index is -0.383. The maximum absolute atomic E-state index is 12.6. The molecule has 0 saturated carbocycles.